The monoisotopic (exact) mass is 424 g/mol. The molecule has 1 aliphatic rings. The van der Waals surface area contributed by atoms with Crippen molar-refractivity contribution in [2.24, 2.45) is 0 Å². The number of hydrogen-bond acceptors (Lipinski definition) is 5. The molecule has 4 rings (SSSR count). The summed E-state index contributed by atoms with van der Waals surface area (Å²) < 4.78 is 23.6. The molecule has 0 N–H and O–H groups in total. The van der Waals surface area contributed by atoms with E-state index in [4.69, 9.17) is 9.47 Å². The van der Waals surface area contributed by atoms with E-state index in [1.165, 1.54) is 41.2 Å². The van der Waals surface area contributed by atoms with Crippen LogP contribution < -0.4 is 4.74 Å². The number of halogens is 1. The number of carbonyl (C=O) groups is 2. The van der Waals surface area contributed by atoms with Crippen LogP contribution in [0.2, 0.25) is 0 Å². The largest absolute Gasteiger partial charge is 0.497 e. The Bertz CT molecular complexity index is 1090. The van der Waals surface area contributed by atoms with Gasteiger partial charge in [-0.25, -0.2) is 9.18 Å². The molecule has 3 aromatic rings. The van der Waals surface area contributed by atoms with Gasteiger partial charge in [-0.3, -0.25) is 4.79 Å². The average molecular weight is 424 g/mol. The number of methoxy groups -OCH3 is 1. The number of carbonyl (C=O) groups excluding carboxylic acids is 2. The minimum absolute atomic E-state index is 0.0929. The molecule has 1 heterocycles. The van der Waals surface area contributed by atoms with E-state index in [-0.39, 0.29) is 30.6 Å². The van der Waals surface area contributed by atoms with Crippen molar-refractivity contribution in [1.82, 2.24) is 0 Å². The SMILES string of the molecule is COc1ccc2c(c1)CCc1cc(C(=O)OCCCC(=O)c3ccc(F)cc3)sc1-2. The molecule has 0 saturated heterocycles. The molecule has 1 aromatic heterocycles. The molecule has 0 aliphatic heterocycles. The Morgan fingerprint density at radius 3 is 2.57 bits per heavy atom. The van der Waals surface area contributed by atoms with Gasteiger partial charge < -0.3 is 9.47 Å². The highest BCUT2D eigenvalue weighted by atomic mass is 32.1. The van der Waals surface area contributed by atoms with Crippen molar-refractivity contribution in [3.8, 4) is 16.2 Å². The molecule has 6 heteroatoms. The lowest BCUT2D eigenvalue weighted by Crippen LogP contribution is -2.07. The van der Waals surface area contributed by atoms with Crippen LogP contribution in [0.1, 0.15) is 44.0 Å². The maximum Gasteiger partial charge on any atom is 0.348 e. The van der Waals surface area contributed by atoms with Gasteiger partial charge in [0.1, 0.15) is 16.4 Å². The fourth-order valence-corrected chi connectivity index (χ4v) is 4.75. The van der Waals surface area contributed by atoms with Crippen LogP contribution in [-0.4, -0.2) is 25.5 Å². The summed E-state index contributed by atoms with van der Waals surface area (Å²) in [5.74, 6) is 0.00724. The Morgan fingerprint density at radius 2 is 1.80 bits per heavy atom. The minimum atomic E-state index is -0.374. The first kappa shape index (κ1) is 20.3. The van der Waals surface area contributed by atoms with E-state index in [2.05, 4.69) is 0 Å². The standard InChI is InChI=1S/C24H21FO4S/c1-28-19-10-11-20-16(13-19)4-5-17-14-22(30-23(17)20)24(27)29-12-2-3-21(26)15-6-8-18(25)9-7-15/h6-11,13-14H,2-5,12H2,1H3. The van der Waals surface area contributed by atoms with E-state index in [0.29, 0.717) is 16.9 Å². The molecule has 2 aromatic carbocycles. The van der Waals surface area contributed by atoms with Gasteiger partial charge >= 0.3 is 5.97 Å². The Hall–Kier alpha value is -2.99. The van der Waals surface area contributed by atoms with Crippen molar-refractivity contribution < 1.29 is 23.5 Å². The summed E-state index contributed by atoms with van der Waals surface area (Å²) in [5, 5.41) is 0. The minimum Gasteiger partial charge on any atom is -0.497 e. The van der Waals surface area contributed by atoms with Gasteiger partial charge in [-0.15, -0.1) is 11.3 Å². The van der Waals surface area contributed by atoms with Crippen LogP contribution in [0.4, 0.5) is 4.39 Å². The molecule has 0 spiro atoms. The normalized spacial score (nSPS) is 12.1. The molecule has 0 saturated carbocycles. The lowest BCUT2D eigenvalue weighted by Gasteiger charge is -2.16. The van der Waals surface area contributed by atoms with Crippen LogP contribution in [0.25, 0.3) is 10.4 Å². The van der Waals surface area contributed by atoms with E-state index in [1.807, 2.05) is 24.3 Å². The zero-order valence-electron chi connectivity index (χ0n) is 16.6. The number of fused-ring (bicyclic) bond motifs is 3. The Kier molecular flexibility index (Phi) is 5.95. The number of benzene rings is 2. The van der Waals surface area contributed by atoms with Gasteiger partial charge in [-0.05, 0) is 84.5 Å². The lowest BCUT2D eigenvalue weighted by atomic mass is 9.91. The molecule has 0 atom stereocenters. The van der Waals surface area contributed by atoms with E-state index in [0.717, 1.165) is 34.6 Å². The fraction of sp³-hybridized carbons (Fsp3) is 0.250. The second-order valence-corrected chi connectivity index (χ2v) is 8.21. The third-order valence-electron chi connectivity index (χ3n) is 5.18. The number of thiophene rings is 1. The van der Waals surface area contributed by atoms with Crippen molar-refractivity contribution in [3.63, 3.8) is 0 Å². The summed E-state index contributed by atoms with van der Waals surface area (Å²) >= 11 is 1.44. The van der Waals surface area contributed by atoms with Gasteiger partial charge in [0, 0.05) is 16.9 Å². The van der Waals surface area contributed by atoms with Gasteiger partial charge in [-0.1, -0.05) is 0 Å². The maximum absolute atomic E-state index is 12.9. The van der Waals surface area contributed by atoms with Crippen molar-refractivity contribution >= 4 is 23.1 Å². The Morgan fingerprint density at radius 1 is 1.03 bits per heavy atom. The molecule has 0 unspecified atom stereocenters. The van der Waals surface area contributed by atoms with E-state index in [9.17, 15) is 14.0 Å². The van der Waals surface area contributed by atoms with Crippen molar-refractivity contribution in [2.75, 3.05) is 13.7 Å². The van der Waals surface area contributed by atoms with Crippen LogP contribution in [0, 0.1) is 5.82 Å². The summed E-state index contributed by atoms with van der Waals surface area (Å²) in [7, 11) is 1.66. The quantitative estimate of drug-likeness (QED) is 0.286. The summed E-state index contributed by atoms with van der Waals surface area (Å²) in [4.78, 5) is 26.3. The molecule has 4 nitrogen and oxygen atoms in total. The van der Waals surface area contributed by atoms with Crippen LogP contribution in [0.5, 0.6) is 5.75 Å². The van der Waals surface area contributed by atoms with Crippen LogP contribution >= 0.6 is 11.3 Å². The summed E-state index contributed by atoms with van der Waals surface area (Å²) in [6, 6.07) is 13.4. The topological polar surface area (TPSA) is 52.6 Å². The lowest BCUT2D eigenvalue weighted by molar-refractivity contribution is 0.0499. The second kappa shape index (κ2) is 8.79. The van der Waals surface area contributed by atoms with Gasteiger partial charge in [0.25, 0.3) is 0 Å². The summed E-state index contributed by atoms with van der Waals surface area (Å²) in [6.07, 6.45) is 2.46. The number of hydrogen-bond donors (Lipinski definition) is 0. The number of ketones is 1. The molecule has 0 fully saturated rings. The first-order valence-electron chi connectivity index (χ1n) is 9.81. The molecule has 1 aliphatic carbocycles. The molecule has 0 bridgehead atoms. The van der Waals surface area contributed by atoms with Crippen molar-refractivity contribution in [1.29, 1.82) is 0 Å². The van der Waals surface area contributed by atoms with Crippen LogP contribution in [-0.2, 0) is 17.6 Å². The highest BCUT2D eigenvalue weighted by Crippen LogP contribution is 2.41. The van der Waals surface area contributed by atoms with E-state index in [1.54, 1.807) is 7.11 Å². The van der Waals surface area contributed by atoms with Gasteiger partial charge in [0.05, 0.1) is 13.7 Å². The highest BCUT2D eigenvalue weighted by Gasteiger charge is 2.22. The van der Waals surface area contributed by atoms with Gasteiger partial charge in [-0.2, -0.15) is 0 Å². The number of rotatable bonds is 7. The zero-order chi connectivity index (χ0) is 21.1. The first-order valence-corrected chi connectivity index (χ1v) is 10.6. The summed E-state index contributed by atoms with van der Waals surface area (Å²) in [6.45, 7) is 0.169. The average Bonchev–Trinajstić information content (AvgIpc) is 3.21. The van der Waals surface area contributed by atoms with Gasteiger partial charge in [0.15, 0.2) is 5.78 Å². The number of aryl methyl sites for hydroxylation is 2. The highest BCUT2D eigenvalue weighted by molar-refractivity contribution is 7.17. The third kappa shape index (κ3) is 4.28. The number of esters is 1. The van der Waals surface area contributed by atoms with Crippen molar-refractivity contribution in [2.45, 2.75) is 25.7 Å². The van der Waals surface area contributed by atoms with Crippen LogP contribution in [0.3, 0.4) is 0 Å². The predicted octanol–water partition coefficient (Wildman–Crippen LogP) is 5.48. The van der Waals surface area contributed by atoms with Crippen molar-refractivity contribution in [3.05, 3.63) is 75.9 Å². The zero-order valence-corrected chi connectivity index (χ0v) is 17.4. The molecule has 154 valence electrons. The molecular weight excluding hydrogens is 403 g/mol. The predicted molar refractivity (Wildman–Crippen MR) is 114 cm³/mol. The van der Waals surface area contributed by atoms with E-state index >= 15 is 0 Å². The molecule has 0 radical (unpaired) electrons. The first-order chi connectivity index (χ1) is 14.5. The molecule has 0 amide bonds. The number of Topliss-reactive ketones (excluding diaryl/α,β-unsaturated/α-hetero) is 1. The fourth-order valence-electron chi connectivity index (χ4n) is 3.59. The Balaban J connectivity index is 1.34. The second-order valence-electron chi connectivity index (χ2n) is 7.16. The maximum atomic E-state index is 12.9. The third-order valence-corrected chi connectivity index (χ3v) is 6.37. The smallest absolute Gasteiger partial charge is 0.348 e. The molecular formula is C24H21FO4S. The summed E-state index contributed by atoms with van der Waals surface area (Å²) in [5.41, 5.74) is 3.99. The Labute approximate surface area is 178 Å². The van der Waals surface area contributed by atoms with E-state index < -0.39 is 0 Å². The number of ether oxygens (including phenoxy) is 2. The molecule has 30 heavy (non-hydrogen) atoms. The van der Waals surface area contributed by atoms with Gasteiger partial charge in [0.2, 0.25) is 0 Å². The van der Waals surface area contributed by atoms with Crippen LogP contribution in [0.15, 0.2) is 48.5 Å².